The highest BCUT2D eigenvalue weighted by molar-refractivity contribution is 6.16. The van der Waals surface area contributed by atoms with Crippen LogP contribution in [-0.2, 0) is 0 Å². The Balaban J connectivity index is 1.01. The number of pyridine rings is 1. The van der Waals surface area contributed by atoms with Gasteiger partial charge in [-0.25, -0.2) is 4.98 Å². The molecule has 0 bridgehead atoms. The maximum atomic E-state index is 7.14. The number of benzene rings is 9. The Morgan fingerprint density at radius 1 is 0.478 bits per heavy atom. The van der Waals surface area contributed by atoms with Crippen molar-refractivity contribution >= 4 is 54.6 Å². The molecule has 9 aromatic carbocycles. The highest BCUT2D eigenvalue weighted by Gasteiger charge is 2.23. The van der Waals surface area contributed by atoms with Crippen LogP contribution in [0.4, 0.5) is 0 Å². The first-order chi connectivity index (χ1) is 34.1. The van der Waals surface area contributed by atoms with Crippen LogP contribution in [0.15, 0.2) is 231 Å². The first-order valence-corrected chi connectivity index (χ1v) is 23.6. The van der Waals surface area contributed by atoms with E-state index in [-0.39, 0.29) is 0 Å². The van der Waals surface area contributed by atoms with Crippen molar-refractivity contribution < 1.29 is 9.30 Å². The molecule has 328 valence electrons. The van der Waals surface area contributed by atoms with Crippen LogP contribution in [-0.4, -0.2) is 18.7 Å². The zero-order valence-corrected chi connectivity index (χ0v) is 38.2. The molecular formula is C63H45N5O. The van der Waals surface area contributed by atoms with Crippen LogP contribution in [0, 0.1) is 6.33 Å². The molecule has 0 unspecified atom stereocenters. The molecule has 0 amide bonds. The smallest absolute Gasteiger partial charge is 0.269 e. The quantitative estimate of drug-likeness (QED) is 0.107. The van der Waals surface area contributed by atoms with E-state index in [9.17, 15) is 0 Å². The van der Waals surface area contributed by atoms with E-state index in [0.717, 1.165) is 89.0 Å². The minimum atomic E-state index is 0.341. The standard InChI is InChI=1S/C63H45N5O/c1-42(2)45-35-36-64-61(37-45)68-56-32-14-11-27-53(56)62-59(67-54-30-12-9-25-51(54)52-26-10-13-31-55(52)67)39-48(40-60(62)68)69-47-24-17-23-46(38-47)65-41-66(58-34-16-15-33-57(58)65)63-49(43-19-5-3-6-20-43)28-18-29-50(63)44-21-7-4-8-22-44/h3-40,42H,1-2H3. The minimum absolute atomic E-state index is 0.341. The summed E-state index contributed by atoms with van der Waals surface area (Å²) >= 11 is 0. The van der Waals surface area contributed by atoms with Crippen molar-refractivity contribution in [2.45, 2.75) is 19.8 Å². The number of nitrogens with zero attached hydrogens (tertiary/aromatic N) is 5. The average Bonchev–Trinajstić information content (AvgIpc) is 4.07. The van der Waals surface area contributed by atoms with Crippen molar-refractivity contribution in [2.75, 3.05) is 0 Å². The first kappa shape index (κ1) is 40.3. The van der Waals surface area contributed by atoms with Gasteiger partial charge in [-0.1, -0.05) is 178 Å². The molecule has 13 rings (SSSR count). The van der Waals surface area contributed by atoms with E-state index in [1.807, 2.05) is 12.3 Å². The predicted molar refractivity (Wildman–Crippen MR) is 282 cm³/mol. The van der Waals surface area contributed by atoms with Gasteiger partial charge >= 0.3 is 0 Å². The summed E-state index contributed by atoms with van der Waals surface area (Å²) in [7, 11) is 0. The molecule has 0 aliphatic rings. The van der Waals surface area contributed by atoms with Gasteiger partial charge in [0.1, 0.15) is 17.3 Å². The zero-order valence-electron chi connectivity index (χ0n) is 38.2. The Bertz CT molecular complexity index is 3970. The molecule has 0 saturated carbocycles. The molecule has 0 atom stereocenters. The molecule has 0 N–H and O–H groups in total. The molecule has 6 nitrogen and oxygen atoms in total. The summed E-state index contributed by atoms with van der Waals surface area (Å²) in [4.78, 5) is 5.02. The van der Waals surface area contributed by atoms with E-state index in [0.29, 0.717) is 17.4 Å². The van der Waals surface area contributed by atoms with Gasteiger partial charge in [-0.3, -0.25) is 13.7 Å². The number of rotatable bonds is 9. The molecule has 4 aromatic heterocycles. The minimum Gasteiger partial charge on any atom is -0.458 e. The van der Waals surface area contributed by atoms with E-state index >= 15 is 0 Å². The van der Waals surface area contributed by atoms with Crippen LogP contribution in [0.5, 0.6) is 11.5 Å². The predicted octanol–water partition coefficient (Wildman–Crippen LogP) is 15.5. The summed E-state index contributed by atoms with van der Waals surface area (Å²) in [6, 6.07) is 79.4. The van der Waals surface area contributed by atoms with Gasteiger partial charge in [-0.05, 0) is 82.3 Å². The van der Waals surface area contributed by atoms with Gasteiger partial charge in [-0.2, -0.15) is 0 Å². The van der Waals surface area contributed by atoms with E-state index in [4.69, 9.17) is 9.72 Å². The van der Waals surface area contributed by atoms with Gasteiger partial charge < -0.3 is 9.30 Å². The number of ether oxygens (including phenoxy) is 1. The van der Waals surface area contributed by atoms with Crippen LogP contribution < -0.4 is 9.30 Å². The van der Waals surface area contributed by atoms with Crippen LogP contribution in [0.1, 0.15) is 25.3 Å². The van der Waals surface area contributed by atoms with Gasteiger partial charge in [0.15, 0.2) is 0 Å². The maximum absolute atomic E-state index is 7.14. The number of fused-ring (bicyclic) bond motifs is 7. The number of imidazole rings is 1. The Morgan fingerprint density at radius 3 is 1.72 bits per heavy atom. The second kappa shape index (κ2) is 16.4. The Labute approximate surface area is 399 Å². The van der Waals surface area contributed by atoms with Crippen molar-refractivity contribution in [2.24, 2.45) is 0 Å². The number of hydrogen-bond donors (Lipinski definition) is 0. The lowest BCUT2D eigenvalue weighted by molar-refractivity contribution is -0.571. The summed E-state index contributed by atoms with van der Waals surface area (Å²) < 4.78 is 16.2. The van der Waals surface area contributed by atoms with Crippen molar-refractivity contribution in [3.05, 3.63) is 243 Å². The van der Waals surface area contributed by atoms with Crippen molar-refractivity contribution in [1.82, 2.24) is 18.7 Å². The van der Waals surface area contributed by atoms with Crippen LogP contribution in [0.25, 0.3) is 99.8 Å². The van der Waals surface area contributed by atoms with E-state index < -0.39 is 0 Å². The van der Waals surface area contributed by atoms with Gasteiger partial charge in [-0.15, -0.1) is 0 Å². The van der Waals surface area contributed by atoms with E-state index in [2.05, 4.69) is 257 Å². The zero-order chi connectivity index (χ0) is 46.0. The van der Waals surface area contributed by atoms with Crippen LogP contribution in [0.3, 0.4) is 0 Å². The second-order valence-electron chi connectivity index (χ2n) is 18.0. The third-order valence-electron chi connectivity index (χ3n) is 13.5. The Morgan fingerprint density at radius 2 is 1.06 bits per heavy atom. The lowest BCUT2D eigenvalue weighted by atomic mass is 9.95. The van der Waals surface area contributed by atoms with Gasteiger partial charge in [0, 0.05) is 39.9 Å². The number of aromatic nitrogens is 5. The molecule has 0 aliphatic carbocycles. The lowest BCUT2D eigenvalue weighted by Gasteiger charge is -2.17. The van der Waals surface area contributed by atoms with Crippen LogP contribution in [0.2, 0.25) is 0 Å². The SMILES string of the molecule is CC(C)c1ccnc(-n2c3ccccc3c3c(-n4c5ccccc5c5ccccc54)cc(Oc4cccc(-n5[c-][n+](-c6c(-c7ccccc7)cccc6-c6ccccc6)c6ccccc65)c4)cc32)c1. The monoisotopic (exact) mass is 887 g/mol. The molecule has 13 aromatic rings. The summed E-state index contributed by atoms with van der Waals surface area (Å²) in [5.41, 5.74) is 15.2. The molecule has 0 spiro atoms. The molecule has 0 saturated heterocycles. The molecule has 0 fully saturated rings. The number of hydrogen-bond acceptors (Lipinski definition) is 2. The second-order valence-corrected chi connectivity index (χ2v) is 18.0. The Kier molecular flexibility index (Phi) is 9.58. The van der Waals surface area contributed by atoms with Crippen molar-refractivity contribution in [3.63, 3.8) is 0 Å². The molecule has 0 aliphatic heterocycles. The fourth-order valence-electron chi connectivity index (χ4n) is 10.4. The summed E-state index contributed by atoms with van der Waals surface area (Å²) in [5.74, 6) is 2.62. The molecule has 0 radical (unpaired) electrons. The summed E-state index contributed by atoms with van der Waals surface area (Å²) in [6.07, 6.45) is 5.77. The fourth-order valence-corrected chi connectivity index (χ4v) is 10.4. The lowest BCUT2D eigenvalue weighted by Crippen LogP contribution is -2.31. The first-order valence-electron chi connectivity index (χ1n) is 23.6. The number of para-hydroxylation sites is 6. The Hall–Kier alpha value is -9.00. The average molecular weight is 888 g/mol. The maximum Gasteiger partial charge on any atom is 0.269 e. The van der Waals surface area contributed by atoms with Gasteiger partial charge in [0.05, 0.1) is 50.2 Å². The third kappa shape index (κ3) is 6.71. The van der Waals surface area contributed by atoms with E-state index in [1.54, 1.807) is 0 Å². The highest BCUT2D eigenvalue weighted by Crippen LogP contribution is 2.43. The highest BCUT2D eigenvalue weighted by atomic mass is 16.5. The topological polar surface area (TPSA) is 40.8 Å². The van der Waals surface area contributed by atoms with Crippen molar-refractivity contribution in [3.8, 4) is 56.6 Å². The summed E-state index contributed by atoms with van der Waals surface area (Å²) in [5, 5.41) is 4.66. The van der Waals surface area contributed by atoms with Gasteiger partial charge in [0.25, 0.3) is 6.33 Å². The molecule has 69 heavy (non-hydrogen) atoms. The van der Waals surface area contributed by atoms with Crippen molar-refractivity contribution in [1.29, 1.82) is 0 Å². The van der Waals surface area contributed by atoms with Gasteiger partial charge in [0.2, 0.25) is 0 Å². The van der Waals surface area contributed by atoms with Crippen LogP contribution >= 0.6 is 0 Å². The third-order valence-corrected chi connectivity index (χ3v) is 13.5. The largest absolute Gasteiger partial charge is 0.458 e. The molecular weight excluding hydrogens is 843 g/mol. The fraction of sp³-hybridized carbons (Fsp3) is 0.0476. The molecule has 4 heterocycles. The van der Waals surface area contributed by atoms with E-state index in [1.165, 1.54) is 16.3 Å². The summed E-state index contributed by atoms with van der Waals surface area (Å²) in [6.45, 7) is 4.45. The molecule has 6 heteroatoms. The normalized spacial score (nSPS) is 11.8.